The third-order valence-electron chi connectivity index (χ3n) is 0.712. The number of aliphatic carboxylic acids is 2. The third kappa shape index (κ3) is 4.71. The van der Waals surface area contributed by atoms with Crippen LogP contribution < -0.4 is 0 Å². The number of allylic oxidation sites excluding steroid dienone is 2. The van der Waals surface area contributed by atoms with Crippen LogP contribution in [0.1, 0.15) is 0 Å². The van der Waals surface area contributed by atoms with Gasteiger partial charge >= 0.3 is 11.9 Å². The molecule has 0 aromatic heterocycles. The molecule has 0 fully saturated rings. The summed E-state index contributed by atoms with van der Waals surface area (Å²) in [7, 11) is 0. The van der Waals surface area contributed by atoms with E-state index in [-0.39, 0.29) is 0 Å². The zero-order valence-corrected chi connectivity index (χ0v) is 5.39. The Labute approximate surface area is 61.9 Å². The lowest BCUT2D eigenvalue weighted by Crippen LogP contribution is -1.97. The fourth-order valence-corrected chi connectivity index (χ4v) is 0.293. The highest BCUT2D eigenvalue weighted by atomic mass is 16.4. The smallest absolute Gasteiger partial charge is 0.370 e. The lowest BCUT2D eigenvalue weighted by atomic mass is 10.4. The number of aliphatic hydroxyl groups excluding tert-OH is 1. The van der Waals surface area contributed by atoms with Gasteiger partial charge in [-0.25, -0.2) is 9.59 Å². The van der Waals surface area contributed by atoms with Crippen LogP contribution in [-0.4, -0.2) is 27.3 Å². The van der Waals surface area contributed by atoms with E-state index in [1.807, 2.05) is 0 Å². The summed E-state index contributed by atoms with van der Waals surface area (Å²) in [6.45, 7) is 0. The highest BCUT2D eigenvalue weighted by Gasteiger charge is 1.99. The van der Waals surface area contributed by atoms with E-state index in [0.717, 1.165) is 12.2 Å². The molecule has 0 amide bonds. The fraction of sp³-hybridized carbons (Fsp3) is 0. The SMILES string of the molecule is O=C(O)/C=C\C=C(\O)C(=O)O. The zero-order chi connectivity index (χ0) is 8.85. The Morgan fingerprint density at radius 3 is 2.00 bits per heavy atom. The van der Waals surface area contributed by atoms with Crippen LogP contribution in [0.2, 0.25) is 0 Å². The maximum atomic E-state index is 9.88. The van der Waals surface area contributed by atoms with Crippen LogP contribution in [-0.2, 0) is 9.59 Å². The first kappa shape index (κ1) is 9.22. The van der Waals surface area contributed by atoms with Crippen LogP contribution in [0.25, 0.3) is 0 Å². The molecule has 0 bridgehead atoms. The molecule has 5 nitrogen and oxygen atoms in total. The van der Waals surface area contributed by atoms with Crippen molar-refractivity contribution >= 4 is 11.9 Å². The van der Waals surface area contributed by atoms with Crippen molar-refractivity contribution < 1.29 is 24.9 Å². The summed E-state index contributed by atoms with van der Waals surface area (Å²) >= 11 is 0. The predicted octanol–water partition coefficient (Wildman–Crippen LogP) is 0.154. The van der Waals surface area contributed by atoms with Gasteiger partial charge < -0.3 is 15.3 Å². The van der Waals surface area contributed by atoms with Gasteiger partial charge in [0.2, 0.25) is 5.76 Å². The molecule has 0 heterocycles. The number of carboxylic acids is 2. The van der Waals surface area contributed by atoms with E-state index in [0.29, 0.717) is 6.08 Å². The third-order valence-corrected chi connectivity index (χ3v) is 0.712. The van der Waals surface area contributed by atoms with Crippen molar-refractivity contribution in [2.75, 3.05) is 0 Å². The van der Waals surface area contributed by atoms with Gasteiger partial charge in [0.05, 0.1) is 0 Å². The van der Waals surface area contributed by atoms with Gasteiger partial charge in [-0.1, -0.05) is 6.08 Å². The summed E-state index contributed by atoms with van der Waals surface area (Å²) in [6, 6.07) is 0. The average Bonchev–Trinajstić information content (AvgIpc) is 1.86. The summed E-state index contributed by atoms with van der Waals surface area (Å²) in [5.41, 5.74) is 0. The highest BCUT2D eigenvalue weighted by molar-refractivity contribution is 5.85. The fourth-order valence-electron chi connectivity index (χ4n) is 0.293. The summed E-state index contributed by atoms with van der Waals surface area (Å²) in [5.74, 6) is -3.61. The van der Waals surface area contributed by atoms with Crippen molar-refractivity contribution in [1.29, 1.82) is 0 Å². The standard InChI is InChI=1S/C6H6O5/c7-4(6(10)11)2-1-3-5(8)9/h1-3,7H,(H,8,9)(H,10,11)/b3-1-,4-2+. The number of rotatable bonds is 3. The van der Waals surface area contributed by atoms with E-state index in [4.69, 9.17) is 15.3 Å². The van der Waals surface area contributed by atoms with Crippen LogP contribution in [0, 0.1) is 0 Å². The Bertz CT molecular complexity index is 225. The van der Waals surface area contributed by atoms with E-state index in [1.54, 1.807) is 0 Å². The number of hydrogen-bond acceptors (Lipinski definition) is 3. The maximum Gasteiger partial charge on any atom is 0.370 e. The van der Waals surface area contributed by atoms with Gasteiger partial charge in [0.1, 0.15) is 0 Å². The molecule has 0 aromatic rings. The van der Waals surface area contributed by atoms with Crippen LogP contribution in [0.3, 0.4) is 0 Å². The summed E-state index contributed by atoms with van der Waals surface area (Å²) in [6.07, 6.45) is 2.40. The summed E-state index contributed by atoms with van der Waals surface area (Å²) in [4.78, 5) is 19.7. The molecule has 3 N–H and O–H groups in total. The minimum Gasteiger partial charge on any atom is -0.502 e. The molecule has 0 unspecified atom stereocenters. The molecular weight excluding hydrogens is 152 g/mol. The molecule has 0 aromatic carbocycles. The lowest BCUT2D eigenvalue weighted by molar-refractivity contribution is -0.135. The molecular formula is C6H6O5. The van der Waals surface area contributed by atoms with Crippen molar-refractivity contribution in [3.63, 3.8) is 0 Å². The highest BCUT2D eigenvalue weighted by Crippen LogP contribution is 1.88. The van der Waals surface area contributed by atoms with Gasteiger partial charge in [-0.3, -0.25) is 0 Å². The number of hydrogen-bond donors (Lipinski definition) is 3. The Balaban J connectivity index is 4.13. The Kier molecular flexibility index (Phi) is 3.44. The summed E-state index contributed by atoms with van der Waals surface area (Å²) < 4.78 is 0. The summed E-state index contributed by atoms with van der Waals surface area (Å²) in [5, 5.41) is 24.5. The molecule has 0 atom stereocenters. The first-order valence-corrected chi connectivity index (χ1v) is 2.57. The van der Waals surface area contributed by atoms with Crippen molar-refractivity contribution in [1.82, 2.24) is 0 Å². The Hall–Kier alpha value is -1.78. The molecule has 0 saturated carbocycles. The second kappa shape index (κ2) is 4.10. The van der Waals surface area contributed by atoms with Crippen molar-refractivity contribution in [3.05, 3.63) is 24.0 Å². The van der Waals surface area contributed by atoms with Gasteiger partial charge in [0, 0.05) is 6.08 Å². The van der Waals surface area contributed by atoms with E-state index >= 15 is 0 Å². The van der Waals surface area contributed by atoms with Gasteiger partial charge in [0.15, 0.2) is 0 Å². The normalized spacial score (nSPS) is 11.8. The van der Waals surface area contributed by atoms with Crippen molar-refractivity contribution in [2.24, 2.45) is 0 Å². The molecule has 0 rings (SSSR count). The molecule has 0 aliphatic rings. The minimum atomic E-state index is -1.50. The van der Waals surface area contributed by atoms with Crippen LogP contribution in [0.4, 0.5) is 0 Å². The largest absolute Gasteiger partial charge is 0.502 e. The molecule has 11 heavy (non-hydrogen) atoms. The second-order valence-corrected chi connectivity index (χ2v) is 1.55. The lowest BCUT2D eigenvalue weighted by Gasteiger charge is -1.85. The second-order valence-electron chi connectivity index (χ2n) is 1.55. The van der Waals surface area contributed by atoms with Crippen LogP contribution >= 0.6 is 0 Å². The Morgan fingerprint density at radius 2 is 1.64 bits per heavy atom. The number of aliphatic hydroxyl groups is 1. The van der Waals surface area contributed by atoms with Gasteiger partial charge in [-0.2, -0.15) is 0 Å². The first-order chi connectivity index (χ1) is 5.04. The van der Waals surface area contributed by atoms with E-state index in [9.17, 15) is 9.59 Å². The van der Waals surface area contributed by atoms with Gasteiger partial charge in [-0.05, 0) is 6.08 Å². The average molecular weight is 158 g/mol. The van der Waals surface area contributed by atoms with E-state index in [1.165, 1.54) is 0 Å². The zero-order valence-electron chi connectivity index (χ0n) is 5.39. The first-order valence-electron chi connectivity index (χ1n) is 2.57. The number of carbonyl (C=O) groups is 2. The van der Waals surface area contributed by atoms with Gasteiger partial charge in [-0.15, -0.1) is 0 Å². The van der Waals surface area contributed by atoms with Crippen molar-refractivity contribution in [2.45, 2.75) is 0 Å². The Morgan fingerprint density at radius 1 is 1.09 bits per heavy atom. The monoisotopic (exact) mass is 158 g/mol. The molecule has 60 valence electrons. The minimum absolute atomic E-state index is 0.708. The molecule has 0 aliphatic heterocycles. The van der Waals surface area contributed by atoms with Crippen LogP contribution in [0.15, 0.2) is 24.0 Å². The van der Waals surface area contributed by atoms with E-state index in [2.05, 4.69) is 0 Å². The number of carboxylic acid groups (broad SMARTS) is 2. The topological polar surface area (TPSA) is 94.8 Å². The van der Waals surface area contributed by atoms with Crippen LogP contribution in [0.5, 0.6) is 0 Å². The molecule has 0 spiro atoms. The maximum absolute atomic E-state index is 9.88. The molecule has 0 aliphatic carbocycles. The van der Waals surface area contributed by atoms with Crippen molar-refractivity contribution in [3.8, 4) is 0 Å². The molecule has 5 heteroatoms. The quantitative estimate of drug-likeness (QED) is 0.309. The predicted molar refractivity (Wildman–Crippen MR) is 35.1 cm³/mol. The van der Waals surface area contributed by atoms with Gasteiger partial charge in [0.25, 0.3) is 0 Å². The molecule has 0 saturated heterocycles. The van der Waals surface area contributed by atoms with E-state index < -0.39 is 17.7 Å². The molecule has 0 radical (unpaired) electrons.